The van der Waals surface area contributed by atoms with E-state index in [9.17, 15) is 9.59 Å². The van der Waals surface area contributed by atoms with Gasteiger partial charge in [0.25, 0.3) is 0 Å². The number of hydrogen-bond acceptors (Lipinski definition) is 5. The average Bonchev–Trinajstić information content (AvgIpc) is 2.80. The number of carbonyl (C=O) groups excluding carboxylic acids is 2. The fourth-order valence-electron chi connectivity index (χ4n) is 2.09. The number of thioether (sulfide) groups is 1. The van der Waals surface area contributed by atoms with Gasteiger partial charge in [0.1, 0.15) is 11.7 Å². The molecule has 0 bridgehead atoms. The molecule has 0 aliphatic carbocycles. The van der Waals surface area contributed by atoms with Crippen LogP contribution < -0.4 is 4.74 Å². The Labute approximate surface area is 116 Å². The maximum atomic E-state index is 12.3. The largest absolute Gasteiger partial charge is 0.496 e. The van der Waals surface area contributed by atoms with E-state index in [2.05, 4.69) is 0 Å². The lowest BCUT2D eigenvalue weighted by atomic mass is 9.99. The Kier molecular flexibility index (Phi) is 4.47. The van der Waals surface area contributed by atoms with E-state index in [1.54, 1.807) is 14.0 Å². The van der Waals surface area contributed by atoms with Crippen molar-refractivity contribution in [1.29, 1.82) is 0 Å². The predicted molar refractivity (Wildman–Crippen MR) is 73.3 cm³/mol. The molecule has 1 heterocycles. The number of hydrogen-bond donors (Lipinski definition) is 0. The number of esters is 1. The zero-order chi connectivity index (χ0) is 13.8. The van der Waals surface area contributed by atoms with Crippen molar-refractivity contribution >= 4 is 23.5 Å². The van der Waals surface area contributed by atoms with Crippen LogP contribution in [0.25, 0.3) is 0 Å². The molecule has 1 aliphatic rings. The Balaban J connectivity index is 2.20. The third-order valence-electron chi connectivity index (χ3n) is 3.02. The van der Waals surface area contributed by atoms with Gasteiger partial charge < -0.3 is 9.47 Å². The summed E-state index contributed by atoms with van der Waals surface area (Å²) in [6, 6.07) is 7.40. The van der Waals surface area contributed by atoms with Crippen molar-refractivity contribution in [1.82, 2.24) is 0 Å². The Hall–Kier alpha value is -1.49. The third kappa shape index (κ3) is 2.76. The van der Waals surface area contributed by atoms with Gasteiger partial charge >= 0.3 is 5.97 Å². The maximum absolute atomic E-state index is 12.3. The van der Waals surface area contributed by atoms with E-state index >= 15 is 0 Å². The normalized spacial score (nSPS) is 22.3. The van der Waals surface area contributed by atoms with Gasteiger partial charge in [0, 0.05) is 11.3 Å². The highest BCUT2D eigenvalue weighted by atomic mass is 32.2. The smallest absolute Gasteiger partial charge is 0.317 e. The summed E-state index contributed by atoms with van der Waals surface area (Å²) in [7, 11) is 1.58. The molecule has 5 heteroatoms. The van der Waals surface area contributed by atoms with Crippen LogP contribution in [0.3, 0.4) is 0 Å². The molecular weight excluding hydrogens is 264 g/mol. The highest BCUT2D eigenvalue weighted by molar-refractivity contribution is 8.00. The molecule has 0 saturated carbocycles. The van der Waals surface area contributed by atoms with Crippen LogP contribution in [0.1, 0.15) is 17.7 Å². The Morgan fingerprint density at radius 1 is 1.42 bits per heavy atom. The highest BCUT2D eigenvalue weighted by Gasteiger charge is 2.42. The molecule has 2 atom stereocenters. The second-order valence-corrected chi connectivity index (χ2v) is 5.30. The van der Waals surface area contributed by atoms with Crippen molar-refractivity contribution in [2.75, 3.05) is 19.5 Å². The fourth-order valence-corrected chi connectivity index (χ4v) is 3.48. The zero-order valence-electron chi connectivity index (χ0n) is 10.9. The third-order valence-corrected chi connectivity index (χ3v) is 4.37. The molecule has 1 aromatic carbocycles. The summed E-state index contributed by atoms with van der Waals surface area (Å²) in [5.74, 6) is -0.0107. The monoisotopic (exact) mass is 280 g/mol. The molecule has 4 nitrogen and oxygen atoms in total. The van der Waals surface area contributed by atoms with Gasteiger partial charge in [-0.05, 0) is 13.0 Å². The van der Waals surface area contributed by atoms with E-state index in [-0.39, 0.29) is 11.0 Å². The highest BCUT2D eigenvalue weighted by Crippen LogP contribution is 2.43. The summed E-state index contributed by atoms with van der Waals surface area (Å²) in [4.78, 5) is 24.0. The Morgan fingerprint density at radius 2 is 2.16 bits per heavy atom. The lowest BCUT2D eigenvalue weighted by molar-refractivity contribution is -0.150. The van der Waals surface area contributed by atoms with Gasteiger partial charge in [-0.1, -0.05) is 18.2 Å². The molecule has 1 saturated heterocycles. The van der Waals surface area contributed by atoms with Gasteiger partial charge in [-0.2, -0.15) is 0 Å². The summed E-state index contributed by atoms with van der Waals surface area (Å²) in [5.41, 5.74) is 0.826. The second kappa shape index (κ2) is 6.10. The molecule has 1 fully saturated rings. The first kappa shape index (κ1) is 13.9. The van der Waals surface area contributed by atoms with Gasteiger partial charge in [-0.3, -0.25) is 9.59 Å². The second-order valence-electron chi connectivity index (χ2n) is 4.16. The number of rotatable bonds is 4. The van der Waals surface area contributed by atoms with E-state index in [0.717, 1.165) is 5.56 Å². The number of carbonyl (C=O) groups is 2. The molecule has 0 spiro atoms. The van der Waals surface area contributed by atoms with Crippen molar-refractivity contribution in [3.63, 3.8) is 0 Å². The van der Waals surface area contributed by atoms with Crippen molar-refractivity contribution in [2.45, 2.75) is 12.2 Å². The topological polar surface area (TPSA) is 52.6 Å². The summed E-state index contributed by atoms with van der Waals surface area (Å²) in [6.07, 6.45) is 0. The minimum atomic E-state index is -0.653. The summed E-state index contributed by atoms with van der Waals surface area (Å²) < 4.78 is 10.2. The number of Topliss-reactive ketones (excluding diaryl/α,β-unsaturated/α-hetero) is 1. The Bertz CT molecular complexity index is 486. The molecule has 102 valence electrons. The van der Waals surface area contributed by atoms with Crippen LogP contribution in [0.4, 0.5) is 0 Å². The van der Waals surface area contributed by atoms with Gasteiger partial charge in [0.05, 0.1) is 19.0 Å². The van der Waals surface area contributed by atoms with Crippen molar-refractivity contribution < 1.29 is 19.1 Å². The molecule has 0 radical (unpaired) electrons. The van der Waals surface area contributed by atoms with E-state index in [1.807, 2.05) is 24.3 Å². The summed E-state index contributed by atoms with van der Waals surface area (Å²) in [5, 5.41) is -0.342. The van der Waals surface area contributed by atoms with Crippen molar-refractivity contribution in [3.8, 4) is 5.75 Å². The maximum Gasteiger partial charge on any atom is 0.317 e. The van der Waals surface area contributed by atoms with Crippen LogP contribution in [0.5, 0.6) is 5.75 Å². The lowest BCUT2D eigenvalue weighted by Crippen LogP contribution is -2.25. The van der Waals surface area contributed by atoms with Gasteiger partial charge in [0.2, 0.25) is 0 Å². The van der Waals surface area contributed by atoms with Crippen molar-refractivity contribution in [3.05, 3.63) is 29.8 Å². The average molecular weight is 280 g/mol. The summed E-state index contributed by atoms with van der Waals surface area (Å²) >= 11 is 1.47. The minimum absolute atomic E-state index is 0.0899. The lowest BCUT2D eigenvalue weighted by Gasteiger charge is -2.13. The van der Waals surface area contributed by atoms with Crippen LogP contribution in [-0.4, -0.2) is 31.2 Å². The fraction of sp³-hybridized carbons (Fsp3) is 0.429. The van der Waals surface area contributed by atoms with E-state index in [0.29, 0.717) is 18.1 Å². The summed E-state index contributed by atoms with van der Waals surface area (Å²) in [6.45, 7) is 2.04. The molecular formula is C14H16O4S. The van der Waals surface area contributed by atoms with Crippen LogP contribution >= 0.6 is 11.8 Å². The molecule has 19 heavy (non-hydrogen) atoms. The number of para-hydroxylation sites is 1. The molecule has 1 aliphatic heterocycles. The first-order chi connectivity index (χ1) is 9.19. The van der Waals surface area contributed by atoms with E-state index < -0.39 is 11.9 Å². The standard InChI is InChI=1S/C14H16O4S/c1-3-18-14(16)10-8-19-13(12(10)15)9-6-4-5-7-11(9)17-2/h4-7,10,13H,3,8H2,1-2H3. The van der Waals surface area contributed by atoms with E-state index in [1.165, 1.54) is 11.8 Å². The van der Waals surface area contributed by atoms with Crippen LogP contribution in [0, 0.1) is 5.92 Å². The first-order valence-electron chi connectivity index (χ1n) is 6.14. The molecule has 0 N–H and O–H groups in total. The molecule has 0 amide bonds. The quantitative estimate of drug-likeness (QED) is 0.625. The Morgan fingerprint density at radius 3 is 2.84 bits per heavy atom. The van der Waals surface area contributed by atoms with Crippen LogP contribution in [0.15, 0.2) is 24.3 Å². The molecule has 0 aromatic heterocycles. The number of ketones is 1. The van der Waals surface area contributed by atoms with Crippen molar-refractivity contribution in [2.24, 2.45) is 5.92 Å². The first-order valence-corrected chi connectivity index (χ1v) is 7.18. The van der Waals surface area contributed by atoms with Gasteiger partial charge in [-0.15, -0.1) is 11.8 Å². The molecule has 2 unspecified atom stereocenters. The molecule has 1 aromatic rings. The number of methoxy groups -OCH3 is 1. The molecule has 2 rings (SSSR count). The number of benzene rings is 1. The van der Waals surface area contributed by atoms with E-state index in [4.69, 9.17) is 9.47 Å². The van der Waals surface area contributed by atoms with Gasteiger partial charge in [-0.25, -0.2) is 0 Å². The van der Waals surface area contributed by atoms with Crippen LogP contribution in [-0.2, 0) is 14.3 Å². The zero-order valence-corrected chi connectivity index (χ0v) is 11.7. The van der Waals surface area contributed by atoms with Crippen LogP contribution in [0.2, 0.25) is 0 Å². The number of ether oxygens (including phenoxy) is 2. The predicted octanol–water partition coefficient (Wildman–Crippen LogP) is 2.23. The SMILES string of the molecule is CCOC(=O)C1CSC(c2ccccc2OC)C1=O. The minimum Gasteiger partial charge on any atom is -0.496 e. The van der Waals surface area contributed by atoms with Gasteiger partial charge in [0.15, 0.2) is 5.78 Å².